The van der Waals surface area contributed by atoms with Crippen LogP contribution in [0.3, 0.4) is 0 Å². The standard InChI is InChI=1S/C13H17ClN4O2/c1-2-15-11-7-8(6-10(14)18-11)12(19)17-9-4-3-5-16-13(9)20/h6-7,9H,2-5H2,1H3,(H,15,18)(H,16,20)(H,17,19). The highest BCUT2D eigenvalue weighted by Gasteiger charge is 2.24. The molecule has 0 saturated carbocycles. The van der Waals surface area contributed by atoms with Crippen molar-refractivity contribution in [2.45, 2.75) is 25.8 Å². The van der Waals surface area contributed by atoms with Crippen molar-refractivity contribution < 1.29 is 9.59 Å². The zero-order valence-electron chi connectivity index (χ0n) is 11.2. The van der Waals surface area contributed by atoms with E-state index in [0.29, 0.717) is 30.9 Å². The molecule has 20 heavy (non-hydrogen) atoms. The molecule has 0 bridgehead atoms. The third-order valence-electron chi connectivity index (χ3n) is 3.00. The molecule has 1 aliphatic heterocycles. The number of nitrogens with zero attached hydrogens (tertiary/aromatic N) is 1. The number of piperidine rings is 1. The average molecular weight is 297 g/mol. The van der Waals surface area contributed by atoms with Gasteiger partial charge >= 0.3 is 0 Å². The molecule has 3 N–H and O–H groups in total. The maximum atomic E-state index is 12.2. The summed E-state index contributed by atoms with van der Waals surface area (Å²) in [5.74, 6) is 0.0745. The molecule has 1 aromatic rings. The molecular formula is C13H17ClN4O2. The summed E-state index contributed by atoms with van der Waals surface area (Å²) in [6, 6.07) is 2.62. The van der Waals surface area contributed by atoms with Crippen LogP contribution in [-0.4, -0.2) is 35.9 Å². The fraction of sp³-hybridized carbons (Fsp3) is 0.462. The average Bonchev–Trinajstić information content (AvgIpc) is 2.41. The van der Waals surface area contributed by atoms with Crippen LogP contribution < -0.4 is 16.0 Å². The number of anilines is 1. The smallest absolute Gasteiger partial charge is 0.252 e. The third-order valence-corrected chi connectivity index (χ3v) is 3.20. The molecule has 7 heteroatoms. The number of carbonyl (C=O) groups excluding carboxylic acids is 2. The van der Waals surface area contributed by atoms with E-state index in [-0.39, 0.29) is 17.0 Å². The molecule has 0 radical (unpaired) electrons. The molecule has 0 spiro atoms. The lowest BCUT2D eigenvalue weighted by Crippen LogP contribution is -2.50. The van der Waals surface area contributed by atoms with Gasteiger partial charge in [0, 0.05) is 18.7 Å². The van der Waals surface area contributed by atoms with Gasteiger partial charge in [-0.15, -0.1) is 0 Å². The monoisotopic (exact) mass is 296 g/mol. The topological polar surface area (TPSA) is 83.1 Å². The molecule has 1 atom stereocenters. The van der Waals surface area contributed by atoms with Gasteiger partial charge in [-0.1, -0.05) is 11.6 Å². The van der Waals surface area contributed by atoms with Crippen LogP contribution in [-0.2, 0) is 4.79 Å². The van der Waals surface area contributed by atoms with Gasteiger partial charge in [-0.2, -0.15) is 0 Å². The number of amides is 2. The Morgan fingerprint density at radius 2 is 2.35 bits per heavy atom. The molecule has 1 aromatic heterocycles. The second-order valence-electron chi connectivity index (χ2n) is 4.55. The minimum absolute atomic E-state index is 0.142. The molecule has 0 aromatic carbocycles. The van der Waals surface area contributed by atoms with Crippen molar-refractivity contribution in [3.8, 4) is 0 Å². The number of carbonyl (C=O) groups is 2. The predicted octanol–water partition coefficient (Wildman–Crippen LogP) is 1.18. The summed E-state index contributed by atoms with van der Waals surface area (Å²) in [7, 11) is 0. The van der Waals surface area contributed by atoms with E-state index in [1.807, 2.05) is 6.92 Å². The Kier molecular flexibility index (Phi) is 4.79. The third kappa shape index (κ3) is 3.60. The molecule has 2 heterocycles. The van der Waals surface area contributed by atoms with E-state index >= 15 is 0 Å². The zero-order valence-corrected chi connectivity index (χ0v) is 12.0. The van der Waals surface area contributed by atoms with Crippen LogP contribution in [0.1, 0.15) is 30.1 Å². The van der Waals surface area contributed by atoms with Crippen molar-refractivity contribution in [1.82, 2.24) is 15.6 Å². The first kappa shape index (κ1) is 14.6. The zero-order chi connectivity index (χ0) is 14.5. The van der Waals surface area contributed by atoms with Gasteiger partial charge in [-0.3, -0.25) is 9.59 Å². The molecule has 0 aliphatic carbocycles. The number of rotatable bonds is 4. The Morgan fingerprint density at radius 1 is 1.55 bits per heavy atom. The van der Waals surface area contributed by atoms with Crippen LogP contribution in [0, 0.1) is 0 Å². The van der Waals surface area contributed by atoms with Gasteiger partial charge in [-0.05, 0) is 31.9 Å². The Balaban J connectivity index is 2.10. The molecule has 108 valence electrons. The highest BCUT2D eigenvalue weighted by atomic mass is 35.5. The number of hydrogen-bond donors (Lipinski definition) is 3. The van der Waals surface area contributed by atoms with Crippen LogP contribution in [0.15, 0.2) is 12.1 Å². The Bertz CT molecular complexity index is 521. The lowest BCUT2D eigenvalue weighted by molar-refractivity contribution is -0.124. The van der Waals surface area contributed by atoms with Gasteiger partial charge in [0.25, 0.3) is 5.91 Å². The van der Waals surface area contributed by atoms with Gasteiger partial charge in [-0.25, -0.2) is 4.98 Å². The fourth-order valence-corrected chi connectivity index (χ4v) is 2.26. The molecule has 1 fully saturated rings. The predicted molar refractivity (Wildman–Crippen MR) is 76.9 cm³/mol. The summed E-state index contributed by atoms with van der Waals surface area (Å²) in [6.07, 6.45) is 1.51. The van der Waals surface area contributed by atoms with E-state index < -0.39 is 6.04 Å². The SMILES string of the molecule is CCNc1cc(C(=O)NC2CCCNC2=O)cc(Cl)n1. The highest BCUT2D eigenvalue weighted by Crippen LogP contribution is 2.15. The minimum atomic E-state index is -0.481. The number of aromatic nitrogens is 1. The largest absolute Gasteiger partial charge is 0.370 e. The summed E-state index contributed by atoms with van der Waals surface area (Å²) in [5.41, 5.74) is 0.388. The van der Waals surface area contributed by atoms with Crippen molar-refractivity contribution in [2.75, 3.05) is 18.4 Å². The maximum absolute atomic E-state index is 12.2. The van der Waals surface area contributed by atoms with E-state index in [1.165, 1.54) is 6.07 Å². The number of nitrogens with one attached hydrogen (secondary N) is 3. The highest BCUT2D eigenvalue weighted by molar-refractivity contribution is 6.29. The van der Waals surface area contributed by atoms with Crippen molar-refractivity contribution in [2.24, 2.45) is 0 Å². The van der Waals surface area contributed by atoms with Crippen LogP contribution in [0.25, 0.3) is 0 Å². The van der Waals surface area contributed by atoms with Crippen molar-refractivity contribution >= 4 is 29.2 Å². The first-order valence-corrected chi connectivity index (χ1v) is 6.98. The molecule has 2 amide bonds. The van der Waals surface area contributed by atoms with Crippen molar-refractivity contribution in [3.05, 3.63) is 22.8 Å². The fourth-order valence-electron chi connectivity index (χ4n) is 2.05. The van der Waals surface area contributed by atoms with Crippen molar-refractivity contribution in [1.29, 1.82) is 0 Å². The molecule has 6 nitrogen and oxygen atoms in total. The van der Waals surface area contributed by atoms with Gasteiger partial charge in [0.1, 0.15) is 17.0 Å². The van der Waals surface area contributed by atoms with E-state index in [4.69, 9.17) is 11.6 Å². The summed E-state index contributed by atoms with van der Waals surface area (Å²) >= 11 is 5.89. The Morgan fingerprint density at radius 3 is 3.05 bits per heavy atom. The van der Waals surface area contributed by atoms with Crippen LogP contribution in [0.4, 0.5) is 5.82 Å². The number of hydrogen-bond acceptors (Lipinski definition) is 4. The molecule has 1 unspecified atom stereocenters. The number of halogens is 1. The maximum Gasteiger partial charge on any atom is 0.252 e. The summed E-state index contributed by atoms with van der Waals surface area (Å²) in [4.78, 5) is 27.8. The van der Waals surface area contributed by atoms with E-state index in [0.717, 1.165) is 6.42 Å². The van der Waals surface area contributed by atoms with Crippen LogP contribution in [0.2, 0.25) is 5.15 Å². The normalized spacial score (nSPS) is 18.3. The minimum Gasteiger partial charge on any atom is -0.370 e. The van der Waals surface area contributed by atoms with Gasteiger partial charge in [0.05, 0.1) is 0 Å². The molecule has 2 rings (SSSR count). The summed E-state index contributed by atoms with van der Waals surface area (Å²) in [6.45, 7) is 3.27. The van der Waals surface area contributed by atoms with E-state index in [9.17, 15) is 9.59 Å². The molecular weight excluding hydrogens is 280 g/mol. The second-order valence-corrected chi connectivity index (χ2v) is 4.94. The summed E-state index contributed by atoms with van der Waals surface area (Å²) < 4.78 is 0. The van der Waals surface area contributed by atoms with Crippen molar-refractivity contribution in [3.63, 3.8) is 0 Å². The Hall–Kier alpha value is -1.82. The molecule has 1 aliphatic rings. The second kappa shape index (κ2) is 6.56. The lowest BCUT2D eigenvalue weighted by Gasteiger charge is -2.22. The van der Waals surface area contributed by atoms with E-state index in [2.05, 4.69) is 20.9 Å². The van der Waals surface area contributed by atoms with Gasteiger partial charge < -0.3 is 16.0 Å². The molecule has 1 saturated heterocycles. The first-order chi connectivity index (χ1) is 9.60. The Labute approximate surface area is 122 Å². The quantitative estimate of drug-likeness (QED) is 0.729. The first-order valence-electron chi connectivity index (χ1n) is 6.60. The summed E-state index contributed by atoms with van der Waals surface area (Å²) in [5, 5.41) is 8.68. The lowest BCUT2D eigenvalue weighted by atomic mass is 10.1. The van der Waals surface area contributed by atoms with Gasteiger partial charge in [0.15, 0.2) is 0 Å². The van der Waals surface area contributed by atoms with Crippen LogP contribution >= 0.6 is 11.6 Å². The van der Waals surface area contributed by atoms with Crippen LogP contribution in [0.5, 0.6) is 0 Å². The number of pyridine rings is 1. The van der Waals surface area contributed by atoms with Gasteiger partial charge in [0.2, 0.25) is 5.91 Å². The van der Waals surface area contributed by atoms with E-state index in [1.54, 1.807) is 6.07 Å².